The number of nitro groups is 1. The van der Waals surface area contributed by atoms with E-state index in [-0.39, 0.29) is 33.9 Å². The number of carbonyl (C=O) groups is 1. The van der Waals surface area contributed by atoms with Gasteiger partial charge in [-0.1, -0.05) is 5.10 Å². The molecule has 0 aliphatic heterocycles. The van der Waals surface area contributed by atoms with E-state index >= 15 is 0 Å². The topological polar surface area (TPSA) is 164 Å². The molecule has 33 heavy (non-hydrogen) atoms. The zero-order chi connectivity index (χ0) is 24.3. The first-order valence-corrected chi connectivity index (χ1v) is 11.0. The molecule has 1 heterocycles. The van der Waals surface area contributed by atoms with Crippen LogP contribution in [0.4, 0.5) is 11.7 Å². The first-order valence-electron chi connectivity index (χ1n) is 9.48. The van der Waals surface area contributed by atoms with Gasteiger partial charge in [0.05, 0.1) is 35.4 Å². The lowest BCUT2D eigenvalue weighted by molar-refractivity contribution is -0.385. The Kier molecular flexibility index (Phi) is 6.62. The van der Waals surface area contributed by atoms with Crippen LogP contribution in [-0.4, -0.2) is 48.9 Å². The number of sulfone groups is 1. The van der Waals surface area contributed by atoms with Gasteiger partial charge in [0.2, 0.25) is 5.89 Å². The summed E-state index contributed by atoms with van der Waals surface area (Å²) >= 11 is 0. The number of amides is 1. The van der Waals surface area contributed by atoms with Crippen LogP contribution in [0.2, 0.25) is 0 Å². The third kappa shape index (κ3) is 4.77. The highest BCUT2D eigenvalue weighted by Gasteiger charge is 2.26. The van der Waals surface area contributed by atoms with E-state index in [4.69, 9.17) is 13.9 Å². The highest BCUT2D eigenvalue weighted by atomic mass is 32.2. The Morgan fingerprint density at radius 2 is 1.70 bits per heavy atom. The predicted octanol–water partition coefficient (Wildman–Crippen LogP) is 3.10. The van der Waals surface area contributed by atoms with Gasteiger partial charge in [-0.25, -0.2) is 8.42 Å². The molecule has 0 saturated carbocycles. The molecule has 0 spiro atoms. The summed E-state index contributed by atoms with van der Waals surface area (Å²) in [5.74, 6) is -0.656. The van der Waals surface area contributed by atoms with Crippen molar-refractivity contribution in [2.24, 2.45) is 0 Å². The summed E-state index contributed by atoms with van der Waals surface area (Å²) in [4.78, 5) is 23.5. The summed E-state index contributed by atoms with van der Waals surface area (Å²) in [7, 11) is -0.799. The van der Waals surface area contributed by atoms with Crippen molar-refractivity contribution in [1.29, 1.82) is 0 Å². The SMILES string of the molecule is COc1cc(C(=O)Nc2nnc(-c3ccc(S(=O)(=O)C(C)C)cc3)o2)c([N+](=O)[O-])cc1OC. The van der Waals surface area contributed by atoms with Gasteiger partial charge in [0.25, 0.3) is 11.6 Å². The van der Waals surface area contributed by atoms with E-state index in [9.17, 15) is 23.3 Å². The number of ether oxygens (including phenoxy) is 2. The lowest BCUT2D eigenvalue weighted by Crippen LogP contribution is -2.14. The summed E-state index contributed by atoms with van der Waals surface area (Å²) in [6, 6.07) is 7.75. The zero-order valence-corrected chi connectivity index (χ0v) is 18.9. The van der Waals surface area contributed by atoms with Crippen LogP contribution in [0.15, 0.2) is 45.7 Å². The van der Waals surface area contributed by atoms with Crippen LogP contribution in [0.25, 0.3) is 11.5 Å². The third-order valence-corrected chi connectivity index (χ3v) is 6.81. The molecule has 0 atom stereocenters. The predicted molar refractivity (Wildman–Crippen MR) is 116 cm³/mol. The molecule has 0 radical (unpaired) electrons. The summed E-state index contributed by atoms with van der Waals surface area (Å²) in [5, 5.41) is 20.7. The first-order chi connectivity index (χ1) is 15.6. The van der Waals surface area contributed by atoms with Crippen molar-refractivity contribution >= 4 is 27.4 Å². The Bertz CT molecular complexity index is 1300. The minimum absolute atomic E-state index is 0.0145. The standard InChI is InChI=1S/C20H20N4O8S/c1-11(2)33(28,29)13-7-5-12(6-8-13)19-22-23-20(32-19)21-18(25)14-9-16(30-3)17(31-4)10-15(14)24(26)27/h5-11H,1-4H3,(H,21,23,25). The Morgan fingerprint density at radius 3 is 2.24 bits per heavy atom. The normalized spacial score (nSPS) is 11.3. The van der Waals surface area contributed by atoms with E-state index in [1.54, 1.807) is 13.8 Å². The molecule has 13 heteroatoms. The molecular formula is C20H20N4O8S. The molecule has 0 fully saturated rings. The van der Waals surface area contributed by atoms with Crippen molar-refractivity contribution in [3.63, 3.8) is 0 Å². The van der Waals surface area contributed by atoms with Gasteiger partial charge in [0.15, 0.2) is 21.3 Å². The van der Waals surface area contributed by atoms with Crippen LogP contribution < -0.4 is 14.8 Å². The Balaban J connectivity index is 1.85. The average Bonchev–Trinajstić information content (AvgIpc) is 3.26. The molecule has 0 saturated heterocycles. The highest BCUT2D eigenvalue weighted by Crippen LogP contribution is 2.35. The number of carbonyl (C=O) groups excluding carboxylic acids is 1. The smallest absolute Gasteiger partial charge is 0.322 e. The van der Waals surface area contributed by atoms with Crippen LogP contribution in [-0.2, 0) is 9.84 Å². The zero-order valence-electron chi connectivity index (χ0n) is 18.1. The second-order valence-corrected chi connectivity index (χ2v) is 9.47. The van der Waals surface area contributed by atoms with Gasteiger partial charge in [-0.05, 0) is 38.1 Å². The van der Waals surface area contributed by atoms with Crippen LogP contribution in [0.1, 0.15) is 24.2 Å². The van der Waals surface area contributed by atoms with Crippen molar-refractivity contribution in [3.05, 3.63) is 52.1 Å². The maximum absolute atomic E-state index is 12.7. The minimum Gasteiger partial charge on any atom is -0.493 e. The van der Waals surface area contributed by atoms with E-state index in [1.165, 1.54) is 38.5 Å². The lowest BCUT2D eigenvalue weighted by Gasteiger charge is -2.09. The number of nitrogens with one attached hydrogen (secondary N) is 1. The van der Waals surface area contributed by atoms with Gasteiger partial charge in [-0.2, -0.15) is 0 Å². The summed E-state index contributed by atoms with van der Waals surface area (Å²) in [6.07, 6.45) is 0. The fourth-order valence-electron chi connectivity index (χ4n) is 2.82. The largest absolute Gasteiger partial charge is 0.493 e. The van der Waals surface area contributed by atoms with E-state index in [0.29, 0.717) is 5.56 Å². The van der Waals surface area contributed by atoms with Gasteiger partial charge in [-0.3, -0.25) is 20.2 Å². The molecule has 0 aliphatic rings. The summed E-state index contributed by atoms with van der Waals surface area (Å²) < 4.78 is 40.0. The number of hydrogen-bond acceptors (Lipinski definition) is 10. The molecule has 0 aliphatic carbocycles. The van der Waals surface area contributed by atoms with Gasteiger partial charge in [-0.15, -0.1) is 5.10 Å². The van der Waals surface area contributed by atoms with Crippen LogP contribution >= 0.6 is 0 Å². The van der Waals surface area contributed by atoms with E-state index in [1.807, 2.05) is 0 Å². The monoisotopic (exact) mass is 476 g/mol. The molecule has 3 rings (SSSR count). The molecule has 2 aromatic carbocycles. The highest BCUT2D eigenvalue weighted by molar-refractivity contribution is 7.92. The van der Waals surface area contributed by atoms with Crippen LogP contribution in [0.3, 0.4) is 0 Å². The van der Waals surface area contributed by atoms with E-state index < -0.39 is 31.6 Å². The average molecular weight is 476 g/mol. The van der Waals surface area contributed by atoms with Gasteiger partial charge in [0, 0.05) is 11.6 Å². The number of benzene rings is 2. The fourth-order valence-corrected chi connectivity index (χ4v) is 3.88. The molecule has 12 nitrogen and oxygen atoms in total. The Morgan fingerprint density at radius 1 is 1.09 bits per heavy atom. The van der Waals surface area contributed by atoms with Crippen molar-refractivity contribution in [1.82, 2.24) is 10.2 Å². The molecule has 0 bridgehead atoms. The number of hydrogen-bond donors (Lipinski definition) is 1. The van der Waals surface area contributed by atoms with Crippen LogP contribution in [0, 0.1) is 10.1 Å². The number of nitro benzene ring substituents is 1. The number of rotatable bonds is 8. The van der Waals surface area contributed by atoms with Crippen molar-refractivity contribution in [3.8, 4) is 23.0 Å². The molecule has 174 valence electrons. The third-order valence-electron chi connectivity index (χ3n) is 4.64. The van der Waals surface area contributed by atoms with Gasteiger partial charge < -0.3 is 13.9 Å². The Labute approximate surface area is 188 Å². The second kappa shape index (κ2) is 9.24. The number of methoxy groups -OCH3 is 2. The summed E-state index contributed by atoms with van der Waals surface area (Å²) in [5.41, 5.74) is -0.393. The van der Waals surface area contributed by atoms with Gasteiger partial charge in [0.1, 0.15) is 5.56 Å². The molecule has 0 unspecified atom stereocenters. The van der Waals surface area contributed by atoms with E-state index in [2.05, 4.69) is 15.5 Å². The quantitative estimate of drug-likeness (QED) is 0.377. The number of aromatic nitrogens is 2. The second-order valence-electron chi connectivity index (χ2n) is 6.97. The number of anilines is 1. The molecule has 3 aromatic rings. The maximum Gasteiger partial charge on any atom is 0.322 e. The van der Waals surface area contributed by atoms with Crippen molar-refractivity contribution < 1.29 is 32.0 Å². The minimum atomic E-state index is -3.44. The first kappa shape index (κ1) is 23.7. The number of nitrogens with zero attached hydrogens (tertiary/aromatic N) is 3. The Hall–Kier alpha value is -4.00. The maximum atomic E-state index is 12.7. The summed E-state index contributed by atoms with van der Waals surface area (Å²) in [6.45, 7) is 3.16. The molecule has 1 aromatic heterocycles. The van der Waals surface area contributed by atoms with Crippen molar-refractivity contribution in [2.75, 3.05) is 19.5 Å². The lowest BCUT2D eigenvalue weighted by atomic mass is 10.1. The van der Waals surface area contributed by atoms with Crippen molar-refractivity contribution in [2.45, 2.75) is 24.0 Å². The van der Waals surface area contributed by atoms with E-state index in [0.717, 1.165) is 12.1 Å². The molecular weight excluding hydrogens is 456 g/mol. The fraction of sp³-hybridized carbons (Fsp3) is 0.250. The van der Waals surface area contributed by atoms with Gasteiger partial charge >= 0.3 is 6.01 Å². The molecule has 1 amide bonds. The molecule has 1 N–H and O–H groups in total. The van der Waals surface area contributed by atoms with Crippen LogP contribution in [0.5, 0.6) is 11.5 Å².